The lowest BCUT2D eigenvalue weighted by molar-refractivity contribution is 0.236. The van der Waals surface area contributed by atoms with Crippen LogP contribution in [0, 0.1) is 5.41 Å². The third-order valence-corrected chi connectivity index (χ3v) is 7.01. The molecule has 1 aliphatic rings. The van der Waals surface area contributed by atoms with Gasteiger partial charge in [0, 0.05) is 25.0 Å². The van der Waals surface area contributed by atoms with Gasteiger partial charge in [-0.25, -0.2) is 0 Å². The number of anilines is 2. The maximum absolute atomic E-state index is 12.9. The van der Waals surface area contributed by atoms with E-state index in [2.05, 4.69) is 23.7 Å². The number of nitrogens with zero attached hydrogens (tertiary/aromatic N) is 3. The molecule has 140 valence electrons. The van der Waals surface area contributed by atoms with E-state index in [1.165, 1.54) is 18.2 Å². The van der Waals surface area contributed by atoms with Crippen LogP contribution in [0.5, 0.6) is 0 Å². The maximum atomic E-state index is 12.9. The van der Waals surface area contributed by atoms with Crippen LogP contribution in [0.1, 0.15) is 33.1 Å². The van der Waals surface area contributed by atoms with E-state index in [4.69, 9.17) is 17.3 Å². The highest BCUT2D eigenvalue weighted by molar-refractivity contribution is 7.99. The topological polar surface area (TPSA) is 64.2 Å². The van der Waals surface area contributed by atoms with Gasteiger partial charge < -0.3 is 10.6 Å². The second kappa shape index (κ2) is 7.53. The molecule has 7 heteroatoms. The lowest BCUT2D eigenvalue weighted by Crippen LogP contribution is -2.41. The first-order chi connectivity index (χ1) is 12.3. The zero-order valence-corrected chi connectivity index (χ0v) is 17.0. The smallest absolute Gasteiger partial charge is 0.270 e. The molecule has 26 heavy (non-hydrogen) atoms. The van der Waals surface area contributed by atoms with Gasteiger partial charge in [-0.3, -0.25) is 9.36 Å². The van der Waals surface area contributed by atoms with E-state index < -0.39 is 0 Å². The van der Waals surface area contributed by atoms with Crippen molar-refractivity contribution in [3.05, 3.63) is 39.6 Å². The maximum Gasteiger partial charge on any atom is 0.270 e. The fraction of sp³-hybridized carbons (Fsp3) is 0.474. The standard InChI is InChI=1S/C19H25ClN4OS/c1-4-19(2)9-11-24(12-10-19)18-22-16(21)15(17(25)23(18)3)26-14-8-6-5-7-13(14)20/h5-8H,4,9-12,21H2,1-3H3. The van der Waals surface area contributed by atoms with Crippen molar-refractivity contribution in [2.45, 2.75) is 42.9 Å². The highest BCUT2D eigenvalue weighted by Crippen LogP contribution is 2.37. The van der Waals surface area contributed by atoms with E-state index in [0.717, 1.165) is 30.8 Å². The fourth-order valence-electron chi connectivity index (χ4n) is 3.20. The van der Waals surface area contributed by atoms with E-state index in [1.54, 1.807) is 17.7 Å². The predicted octanol–water partition coefficient (Wildman–Crippen LogP) is 4.18. The molecule has 1 aromatic heterocycles. The van der Waals surface area contributed by atoms with Crippen molar-refractivity contribution >= 4 is 35.1 Å². The molecule has 1 aliphatic heterocycles. The van der Waals surface area contributed by atoms with Gasteiger partial charge in [0.25, 0.3) is 5.56 Å². The minimum absolute atomic E-state index is 0.138. The fourth-order valence-corrected chi connectivity index (χ4v) is 4.36. The van der Waals surface area contributed by atoms with E-state index in [9.17, 15) is 4.79 Å². The van der Waals surface area contributed by atoms with Crippen molar-refractivity contribution in [2.75, 3.05) is 23.7 Å². The van der Waals surface area contributed by atoms with Gasteiger partial charge in [0.1, 0.15) is 10.7 Å². The molecule has 3 rings (SSSR count). The first kappa shape index (κ1) is 19.1. The zero-order chi connectivity index (χ0) is 18.9. The molecule has 2 aromatic rings. The Labute approximate surface area is 163 Å². The number of hydrogen-bond acceptors (Lipinski definition) is 5. The quantitative estimate of drug-likeness (QED) is 0.845. The van der Waals surface area contributed by atoms with Gasteiger partial charge >= 0.3 is 0 Å². The summed E-state index contributed by atoms with van der Waals surface area (Å²) in [6.45, 7) is 6.35. The molecule has 0 unspecified atom stereocenters. The monoisotopic (exact) mass is 392 g/mol. The number of nitrogen functional groups attached to an aromatic ring is 1. The molecule has 0 aliphatic carbocycles. The predicted molar refractivity (Wildman–Crippen MR) is 109 cm³/mol. The van der Waals surface area contributed by atoms with Crippen LogP contribution in [-0.4, -0.2) is 22.6 Å². The van der Waals surface area contributed by atoms with Crippen molar-refractivity contribution < 1.29 is 0 Å². The molecule has 2 heterocycles. The van der Waals surface area contributed by atoms with E-state index in [-0.39, 0.29) is 11.4 Å². The van der Waals surface area contributed by atoms with Gasteiger partial charge in [-0.1, -0.05) is 55.8 Å². The van der Waals surface area contributed by atoms with Crippen LogP contribution in [0.4, 0.5) is 11.8 Å². The molecule has 0 amide bonds. The SMILES string of the molecule is CCC1(C)CCN(c2nc(N)c(Sc3ccccc3Cl)c(=O)n2C)CC1. The third-order valence-electron chi connectivity index (χ3n) is 5.41. The Hall–Kier alpha value is -1.66. The molecule has 2 N–H and O–H groups in total. The summed E-state index contributed by atoms with van der Waals surface area (Å²) in [4.78, 5) is 20.8. The van der Waals surface area contributed by atoms with Gasteiger partial charge in [0.05, 0.1) is 5.02 Å². The lowest BCUT2D eigenvalue weighted by Gasteiger charge is -2.39. The Balaban J connectivity index is 1.90. The van der Waals surface area contributed by atoms with Crippen LogP contribution >= 0.6 is 23.4 Å². The van der Waals surface area contributed by atoms with Gasteiger partial charge in [0.15, 0.2) is 0 Å². The average molecular weight is 393 g/mol. The Bertz CT molecular complexity index is 859. The number of halogens is 1. The largest absolute Gasteiger partial charge is 0.382 e. The van der Waals surface area contributed by atoms with E-state index >= 15 is 0 Å². The Kier molecular flexibility index (Phi) is 5.53. The Morgan fingerprint density at radius 1 is 1.31 bits per heavy atom. The molecule has 0 atom stereocenters. The van der Waals surface area contributed by atoms with Gasteiger partial charge in [-0.05, 0) is 30.4 Å². The van der Waals surface area contributed by atoms with Gasteiger partial charge in [-0.15, -0.1) is 0 Å². The van der Waals surface area contributed by atoms with Crippen LogP contribution in [0.15, 0.2) is 38.9 Å². The van der Waals surface area contributed by atoms with Crippen LogP contribution in [-0.2, 0) is 7.05 Å². The third kappa shape index (κ3) is 3.71. The molecule has 1 aromatic carbocycles. The summed E-state index contributed by atoms with van der Waals surface area (Å²) in [5.41, 5.74) is 6.40. The lowest BCUT2D eigenvalue weighted by atomic mass is 9.78. The average Bonchev–Trinajstić information content (AvgIpc) is 2.64. The number of piperidine rings is 1. The number of hydrogen-bond donors (Lipinski definition) is 1. The molecule has 0 spiro atoms. The summed E-state index contributed by atoms with van der Waals surface area (Å²) in [6, 6.07) is 7.41. The summed E-state index contributed by atoms with van der Waals surface area (Å²) in [6.07, 6.45) is 3.35. The number of nitrogens with two attached hydrogens (primary N) is 1. The first-order valence-electron chi connectivity index (χ1n) is 8.88. The van der Waals surface area contributed by atoms with Crippen LogP contribution in [0.3, 0.4) is 0 Å². The number of rotatable bonds is 4. The summed E-state index contributed by atoms with van der Waals surface area (Å²) >= 11 is 7.48. The second-order valence-corrected chi connectivity index (χ2v) is 8.63. The van der Waals surface area contributed by atoms with Gasteiger partial charge in [-0.2, -0.15) is 4.98 Å². The van der Waals surface area contributed by atoms with Crippen molar-refractivity contribution in [3.63, 3.8) is 0 Å². The normalized spacial score (nSPS) is 16.7. The van der Waals surface area contributed by atoms with Crippen molar-refractivity contribution in [1.29, 1.82) is 0 Å². The summed E-state index contributed by atoms with van der Waals surface area (Å²) in [5, 5.41) is 0.595. The van der Waals surface area contributed by atoms with Crippen LogP contribution in [0.25, 0.3) is 0 Å². The molecule has 0 bridgehead atoms. The summed E-state index contributed by atoms with van der Waals surface area (Å²) < 4.78 is 1.60. The minimum atomic E-state index is -0.138. The molecular formula is C19H25ClN4OS. The van der Waals surface area contributed by atoms with Crippen LogP contribution < -0.4 is 16.2 Å². The van der Waals surface area contributed by atoms with Gasteiger partial charge in [0.2, 0.25) is 5.95 Å². The zero-order valence-electron chi connectivity index (χ0n) is 15.5. The molecule has 5 nitrogen and oxygen atoms in total. The van der Waals surface area contributed by atoms with E-state index in [0.29, 0.717) is 21.3 Å². The van der Waals surface area contributed by atoms with Crippen LogP contribution in [0.2, 0.25) is 5.02 Å². The highest BCUT2D eigenvalue weighted by atomic mass is 35.5. The molecule has 1 fully saturated rings. The van der Waals surface area contributed by atoms with Crippen molar-refractivity contribution in [1.82, 2.24) is 9.55 Å². The van der Waals surface area contributed by atoms with Crippen molar-refractivity contribution in [2.24, 2.45) is 12.5 Å². The highest BCUT2D eigenvalue weighted by Gasteiger charge is 2.30. The van der Waals surface area contributed by atoms with E-state index in [1.807, 2.05) is 18.2 Å². The first-order valence-corrected chi connectivity index (χ1v) is 10.1. The number of aromatic nitrogens is 2. The van der Waals surface area contributed by atoms with Crippen molar-refractivity contribution in [3.8, 4) is 0 Å². The number of benzene rings is 1. The summed E-state index contributed by atoms with van der Waals surface area (Å²) in [5.74, 6) is 0.908. The molecule has 0 saturated carbocycles. The Morgan fingerprint density at radius 3 is 2.58 bits per heavy atom. The minimum Gasteiger partial charge on any atom is -0.382 e. The Morgan fingerprint density at radius 2 is 1.96 bits per heavy atom. The summed E-state index contributed by atoms with van der Waals surface area (Å²) in [7, 11) is 1.76. The molecular weight excluding hydrogens is 368 g/mol. The molecule has 1 saturated heterocycles. The molecule has 0 radical (unpaired) electrons. The second-order valence-electron chi connectivity index (χ2n) is 7.17.